The molecular formula is C28H38N4O3. The lowest BCUT2D eigenvalue weighted by Crippen LogP contribution is -2.47. The van der Waals surface area contributed by atoms with E-state index < -0.39 is 0 Å². The number of ether oxygens (including phenoxy) is 1. The Bertz CT molecular complexity index is 1020. The predicted molar refractivity (Wildman–Crippen MR) is 140 cm³/mol. The predicted octanol–water partition coefficient (Wildman–Crippen LogP) is 3.77. The molecule has 0 unspecified atom stereocenters. The summed E-state index contributed by atoms with van der Waals surface area (Å²) in [6.07, 6.45) is 0.456. The number of benzene rings is 2. The van der Waals surface area contributed by atoms with Gasteiger partial charge in [-0.25, -0.2) is 0 Å². The lowest BCUT2D eigenvalue weighted by molar-refractivity contribution is -0.116. The zero-order valence-corrected chi connectivity index (χ0v) is 21.3. The first-order chi connectivity index (χ1) is 16.9. The molecule has 0 aromatic heterocycles. The Hall–Kier alpha value is -2.90. The third-order valence-corrected chi connectivity index (χ3v) is 6.60. The number of aryl methyl sites for hydroxylation is 1. The van der Waals surface area contributed by atoms with Crippen molar-refractivity contribution in [1.82, 2.24) is 9.80 Å². The molecule has 2 aliphatic heterocycles. The van der Waals surface area contributed by atoms with Crippen LogP contribution in [0.5, 0.6) is 0 Å². The number of amides is 2. The van der Waals surface area contributed by atoms with E-state index in [4.69, 9.17) is 4.74 Å². The summed E-state index contributed by atoms with van der Waals surface area (Å²) in [5.74, 6) is 0.257. The molecule has 0 bridgehead atoms. The van der Waals surface area contributed by atoms with E-state index >= 15 is 0 Å². The van der Waals surface area contributed by atoms with Crippen LogP contribution in [-0.2, 0) is 16.1 Å². The third-order valence-electron chi connectivity index (χ3n) is 6.60. The molecule has 0 saturated carbocycles. The van der Waals surface area contributed by atoms with Gasteiger partial charge >= 0.3 is 0 Å². The first-order valence-corrected chi connectivity index (χ1v) is 12.7. The number of piperazine rings is 1. The van der Waals surface area contributed by atoms with Gasteiger partial charge in [0, 0.05) is 63.6 Å². The summed E-state index contributed by atoms with van der Waals surface area (Å²) in [5.41, 5.74) is 4.89. The summed E-state index contributed by atoms with van der Waals surface area (Å²) in [7, 11) is 0. The van der Waals surface area contributed by atoms with Crippen molar-refractivity contribution in [2.24, 2.45) is 5.92 Å². The average Bonchev–Trinajstić information content (AvgIpc) is 2.84. The van der Waals surface area contributed by atoms with E-state index in [2.05, 4.69) is 46.3 Å². The highest BCUT2D eigenvalue weighted by molar-refractivity contribution is 6.02. The molecule has 0 radical (unpaired) electrons. The third kappa shape index (κ3) is 6.83. The van der Waals surface area contributed by atoms with Crippen molar-refractivity contribution in [2.45, 2.75) is 33.7 Å². The molecule has 0 aliphatic carbocycles. The number of carbonyl (C=O) groups is 2. The number of hydrogen-bond acceptors (Lipinski definition) is 5. The second-order valence-electron chi connectivity index (χ2n) is 10.0. The second-order valence-corrected chi connectivity index (χ2v) is 10.0. The Balaban J connectivity index is 1.49. The van der Waals surface area contributed by atoms with Gasteiger partial charge in [-0.2, -0.15) is 0 Å². The van der Waals surface area contributed by atoms with Crippen molar-refractivity contribution in [1.29, 1.82) is 0 Å². The summed E-state index contributed by atoms with van der Waals surface area (Å²) in [5, 5.41) is 2.98. The molecule has 1 N–H and O–H groups in total. The first-order valence-electron chi connectivity index (χ1n) is 12.7. The Labute approximate surface area is 209 Å². The number of nitrogens with one attached hydrogen (secondary N) is 1. The van der Waals surface area contributed by atoms with Crippen molar-refractivity contribution in [3.63, 3.8) is 0 Å². The van der Waals surface area contributed by atoms with E-state index in [-0.39, 0.29) is 17.7 Å². The number of nitrogens with zero attached hydrogens (tertiary/aromatic N) is 3. The van der Waals surface area contributed by atoms with Gasteiger partial charge < -0.3 is 19.9 Å². The fourth-order valence-electron chi connectivity index (χ4n) is 4.80. The molecule has 0 spiro atoms. The van der Waals surface area contributed by atoms with Gasteiger partial charge in [0.15, 0.2) is 0 Å². The number of anilines is 2. The van der Waals surface area contributed by atoms with Crippen LogP contribution in [-0.4, -0.2) is 74.1 Å². The minimum Gasteiger partial charge on any atom is -0.378 e. The van der Waals surface area contributed by atoms with Crippen molar-refractivity contribution in [3.05, 3.63) is 59.2 Å². The summed E-state index contributed by atoms with van der Waals surface area (Å²) in [6.45, 7) is 13.0. The molecule has 2 saturated heterocycles. The molecule has 7 nitrogen and oxygen atoms in total. The van der Waals surface area contributed by atoms with Gasteiger partial charge in [-0.1, -0.05) is 43.7 Å². The molecule has 0 atom stereocenters. The zero-order valence-electron chi connectivity index (χ0n) is 21.3. The summed E-state index contributed by atoms with van der Waals surface area (Å²) < 4.78 is 5.45. The lowest BCUT2D eigenvalue weighted by Gasteiger charge is -2.37. The van der Waals surface area contributed by atoms with E-state index in [1.54, 1.807) is 0 Å². The normalized spacial score (nSPS) is 17.0. The number of rotatable bonds is 7. The monoisotopic (exact) mass is 478 g/mol. The summed E-state index contributed by atoms with van der Waals surface area (Å²) in [4.78, 5) is 32.5. The maximum absolute atomic E-state index is 13.5. The van der Waals surface area contributed by atoms with Gasteiger partial charge in [0.1, 0.15) is 0 Å². The summed E-state index contributed by atoms with van der Waals surface area (Å²) in [6, 6.07) is 14.4. The van der Waals surface area contributed by atoms with Crippen LogP contribution in [0.4, 0.5) is 11.4 Å². The zero-order chi connectivity index (χ0) is 24.8. The number of carbonyl (C=O) groups excluding carboxylic acids is 2. The van der Waals surface area contributed by atoms with E-state index in [1.165, 1.54) is 11.1 Å². The van der Waals surface area contributed by atoms with E-state index in [1.807, 2.05) is 36.9 Å². The molecule has 188 valence electrons. The molecule has 2 aliphatic rings. The van der Waals surface area contributed by atoms with Crippen molar-refractivity contribution >= 4 is 23.2 Å². The SMILES string of the molecule is Cc1cccc(CN2CCN(c3ccc(NC(=O)CC(C)C)cc3C(=O)N3CCOCC3)CC2)c1. The second kappa shape index (κ2) is 11.7. The van der Waals surface area contributed by atoms with Crippen molar-refractivity contribution < 1.29 is 14.3 Å². The average molecular weight is 479 g/mol. The van der Waals surface area contributed by atoms with Crippen LogP contribution >= 0.6 is 0 Å². The molecule has 4 rings (SSSR count). The first kappa shape index (κ1) is 25.2. The molecule has 2 fully saturated rings. The van der Waals surface area contributed by atoms with Gasteiger partial charge in [0.25, 0.3) is 5.91 Å². The van der Waals surface area contributed by atoms with Gasteiger partial charge in [0.2, 0.25) is 5.91 Å². The van der Waals surface area contributed by atoms with E-state index in [0.717, 1.165) is 38.4 Å². The topological polar surface area (TPSA) is 65.1 Å². The van der Waals surface area contributed by atoms with Gasteiger partial charge in [-0.05, 0) is 36.6 Å². The maximum atomic E-state index is 13.5. The smallest absolute Gasteiger partial charge is 0.256 e. The highest BCUT2D eigenvalue weighted by Crippen LogP contribution is 2.28. The fourth-order valence-corrected chi connectivity index (χ4v) is 4.80. The standard InChI is InChI=1S/C28H38N4O3/c1-21(2)17-27(33)29-24-7-8-26(25(19-24)28(34)32-13-15-35-16-14-32)31-11-9-30(10-12-31)20-23-6-4-5-22(3)18-23/h4-8,18-19,21H,9-17,20H2,1-3H3,(H,29,33). The Morgan fingerprint density at radius 2 is 1.71 bits per heavy atom. The Kier molecular flexibility index (Phi) is 8.42. The van der Waals surface area contributed by atoms with Crippen LogP contribution in [0.15, 0.2) is 42.5 Å². The Morgan fingerprint density at radius 1 is 0.971 bits per heavy atom. The van der Waals surface area contributed by atoms with E-state index in [9.17, 15) is 9.59 Å². The van der Waals surface area contributed by atoms with Gasteiger partial charge in [-0.3, -0.25) is 14.5 Å². The highest BCUT2D eigenvalue weighted by Gasteiger charge is 2.26. The highest BCUT2D eigenvalue weighted by atomic mass is 16.5. The van der Waals surface area contributed by atoms with Crippen LogP contribution in [0.25, 0.3) is 0 Å². The molecule has 35 heavy (non-hydrogen) atoms. The van der Waals surface area contributed by atoms with Gasteiger partial charge in [-0.15, -0.1) is 0 Å². The fraction of sp³-hybridized carbons (Fsp3) is 0.500. The lowest BCUT2D eigenvalue weighted by atomic mass is 10.1. The van der Waals surface area contributed by atoms with Crippen LogP contribution < -0.4 is 10.2 Å². The number of hydrogen-bond donors (Lipinski definition) is 1. The molecule has 2 heterocycles. The largest absolute Gasteiger partial charge is 0.378 e. The van der Waals surface area contributed by atoms with Crippen LogP contribution in [0.3, 0.4) is 0 Å². The minimum absolute atomic E-state index is 0.00505. The molecule has 2 aromatic rings. The van der Waals surface area contributed by atoms with Crippen molar-refractivity contribution in [2.75, 3.05) is 62.7 Å². The molecular weight excluding hydrogens is 440 g/mol. The van der Waals surface area contributed by atoms with Crippen LogP contribution in [0.1, 0.15) is 41.8 Å². The van der Waals surface area contributed by atoms with E-state index in [0.29, 0.717) is 44.0 Å². The minimum atomic E-state index is -0.0257. The molecule has 2 amide bonds. The summed E-state index contributed by atoms with van der Waals surface area (Å²) >= 11 is 0. The quantitative estimate of drug-likeness (QED) is 0.656. The van der Waals surface area contributed by atoms with Crippen LogP contribution in [0.2, 0.25) is 0 Å². The maximum Gasteiger partial charge on any atom is 0.256 e. The molecule has 2 aromatic carbocycles. The van der Waals surface area contributed by atoms with Crippen LogP contribution in [0, 0.1) is 12.8 Å². The Morgan fingerprint density at radius 3 is 2.40 bits per heavy atom. The molecule has 7 heteroatoms. The van der Waals surface area contributed by atoms with Gasteiger partial charge in [0.05, 0.1) is 18.8 Å². The van der Waals surface area contributed by atoms with Crippen molar-refractivity contribution in [3.8, 4) is 0 Å². The number of morpholine rings is 1.